The molecule has 0 fully saturated rings. The molecule has 10 aromatic rings. The fourth-order valence-corrected chi connectivity index (χ4v) is 10.6. The van der Waals surface area contributed by atoms with Crippen LogP contribution in [0.2, 0.25) is 0 Å². The minimum Gasteiger partial charge on any atom is -0.449 e. The molecule has 13 rings (SSSR count). The summed E-state index contributed by atoms with van der Waals surface area (Å²) in [6, 6.07) is 84.7. The van der Waals surface area contributed by atoms with Gasteiger partial charge in [-0.05, 0) is 121 Å². The lowest BCUT2D eigenvalue weighted by molar-refractivity contribution is 0.360. The highest BCUT2D eigenvalue weighted by Gasteiger charge is 2.53. The molecular weight excluding hydrogens is 779 g/mol. The summed E-state index contributed by atoms with van der Waals surface area (Å²) >= 11 is 0. The second kappa shape index (κ2) is 14.3. The molecular formula is C61H39NO2. The van der Waals surface area contributed by atoms with E-state index in [0.29, 0.717) is 17.2 Å². The Morgan fingerprint density at radius 1 is 0.281 bits per heavy atom. The van der Waals surface area contributed by atoms with Crippen LogP contribution in [0.4, 0.5) is 17.1 Å². The summed E-state index contributed by atoms with van der Waals surface area (Å²) in [5.41, 5.74) is 19.5. The fourth-order valence-electron chi connectivity index (χ4n) is 10.6. The maximum Gasteiger partial charge on any atom is 0.178 e. The summed E-state index contributed by atoms with van der Waals surface area (Å²) in [5.74, 6) is 2.80. The second-order valence-corrected chi connectivity index (χ2v) is 16.8. The number of hydrogen-bond donors (Lipinski definition) is 0. The third-order valence-electron chi connectivity index (χ3n) is 13.3. The van der Waals surface area contributed by atoms with Crippen molar-refractivity contribution < 1.29 is 9.47 Å². The molecule has 0 unspecified atom stereocenters. The molecule has 0 radical (unpaired) electrons. The van der Waals surface area contributed by atoms with Gasteiger partial charge < -0.3 is 14.4 Å². The molecule has 3 aliphatic rings. The largest absolute Gasteiger partial charge is 0.449 e. The smallest absolute Gasteiger partial charge is 0.178 e. The van der Waals surface area contributed by atoms with Gasteiger partial charge in [-0.3, -0.25) is 0 Å². The summed E-state index contributed by atoms with van der Waals surface area (Å²) in [6.45, 7) is 0. The molecule has 1 spiro atoms. The summed E-state index contributed by atoms with van der Waals surface area (Å²) in [7, 11) is 0. The maximum atomic E-state index is 7.05. The third kappa shape index (κ3) is 5.47. The zero-order valence-corrected chi connectivity index (χ0v) is 34.8. The predicted molar refractivity (Wildman–Crippen MR) is 260 cm³/mol. The molecule has 10 aromatic carbocycles. The van der Waals surface area contributed by atoms with Crippen LogP contribution >= 0.6 is 0 Å². The second-order valence-electron chi connectivity index (χ2n) is 16.8. The summed E-state index contributed by atoms with van der Waals surface area (Å²) in [6.07, 6.45) is 0. The van der Waals surface area contributed by atoms with Crippen LogP contribution in [-0.4, -0.2) is 0 Å². The Balaban J connectivity index is 0.918. The highest BCUT2D eigenvalue weighted by Crippen LogP contribution is 2.66. The Bertz CT molecular complexity index is 3400. The summed E-state index contributed by atoms with van der Waals surface area (Å²) < 4.78 is 14.0. The number of ether oxygens (including phenoxy) is 2. The van der Waals surface area contributed by atoms with E-state index in [1.54, 1.807) is 0 Å². The van der Waals surface area contributed by atoms with Gasteiger partial charge in [0.05, 0.1) is 11.1 Å². The Morgan fingerprint density at radius 3 is 1.45 bits per heavy atom. The van der Waals surface area contributed by atoms with Crippen molar-refractivity contribution in [2.24, 2.45) is 0 Å². The van der Waals surface area contributed by atoms with Gasteiger partial charge in [-0.2, -0.15) is 0 Å². The van der Waals surface area contributed by atoms with Crippen LogP contribution in [-0.2, 0) is 5.41 Å². The lowest BCUT2D eigenvalue weighted by atomic mass is 9.70. The Labute approximate surface area is 372 Å². The van der Waals surface area contributed by atoms with Crippen molar-refractivity contribution in [1.82, 2.24) is 0 Å². The molecule has 0 saturated heterocycles. The normalized spacial score (nSPS) is 13.1. The lowest BCUT2D eigenvalue weighted by Crippen LogP contribution is -2.25. The van der Waals surface area contributed by atoms with Crippen LogP contribution in [0.3, 0.4) is 0 Å². The van der Waals surface area contributed by atoms with Crippen LogP contribution in [0.15, 0.2) is 237 Å². The van der Waals surface area contributed by atoms with E-state index in [1.807, 2.05) is 0 Å². The van der Waals surface area contributed by atoms with E-state index in [-0.39, 0.29) is 0 Å². The highest BCUT2D eigenvalue weighted by atomic mass is 16.6. The quantitative estimate of drug-likeness (QED) is 0.167. The van der Waals surface area contributed by atoms with E-state index >= 15 is 0 Å². The average Bonchev–Trinajstić information content (AvgIpc) is 3.84. The van der Waals surface area contributed by atoms with Gasteiger partial charge in [0.1, 0.15) is 0 Å². The molecule has 300 valence electrons. The number of hydrogen-bond acceptors (Lipinski definition) is 3. The number of rotatable bonds is 6. The molecule has 0 saturated carbocycles. The number of anilines is 3. The number of nitrogens with zero attached hydrogens (tertiary/aromatic N) is 1. The molecule has 0 bridgehead atoms. The van der Waals surface area contributed by atoms with Gasteiger partial charge in [0.15, 0.2) is 23.0 Å². The summed E-state index contributed by atoms with van der Waals surface area (Å²) in [5, 5.41) is 0. The van der Waals surface area contributed by atoms with Gasteiger partial charge in [0.25, 0.3) is 0 Å². The monoisotopic (exact) mass is 817 g/mol. The molecule has 0 N–H and O–H groups in total. The van der Waals surface area contributed by atoms with Gasteiger partial charge in [0.2, 0.25) is 0 Å². The number of benzene rings is 10. The Kier molecular flexibility index (Phi) is 8.13. The first kappa shape index (κ1) is 36.3. The molecule has 64 heavy (non-hydrogen) atoms. The van der Waals surface area contributed by atoms with Gasteiger partial charge >= 0.3 is 0 Å². The van der Waals surface area contributed by atoms with Crippen molar-refractivity contribution in [3.63, 3.8) is 0 Å². The summed E-state index contributed by atoms with van der Waals surface area (Å²) in [4.78, 5) is 2.30. The van der Waals surface area contributed by atoms with Crippen molar-refractivity contribution in [3.05, 3.63) is 259 Å². The van der Waals surface area contributed by atoms with E-state index < -0.39 is 5.41 Å². The molecule has 0 aromatic heterocycles. The molecule has 1 aliphatic heterocycles. The highest BCUT2D eigenvalue weighted by molar-refractivity contribution is 5.98. The van der Waals surface area contributed by atoms with Crippen molar-refractivity contribution in [3.8, 4) is 78.6 Å². The van der Waals surface area contributed by atoms with Gasteiger partial charge in [-0.15, -0.1) is 0 Å². The minimum atomic E-state index is -0.463. The van der Waals surface area contributed by atoms with Crippen LogP contribution in [0.5, 0.6) is 23.0 Å². The van der Waals surface area contributed by atoms with Gasteiger partial charge in [-0.1, -0.05) is 182 Å². The van der Waals surface area contributed by atoms with Crippen molar-refractivity contribution in [1.29, 1.82) is 0 Å². The first-order valence-electron chi connectivity index (χ1n) is 21.9. The Hall–Kier alpha value is -8.40. The predicted octanol–water partition coefficient (Wildman–Crippen LogP) is 16.4. The van der Waals surface area contributed by atoms with Crippen molar-refractivity contribution >= 4 is 17.1 Å². The molecule has 0 amide bonds. The van der Waals surface area contributed by atoms with E-state index in [0.717, 1.165) is 45.1 Å². The Morgan fingerprint density at radius 2 is 0.766 bits per heavy atom. The standard InChI is InChI=1S/C61H39NO2/c1-3-15-40(16-4-1)42-29-31-46(32-30-42)62(47-22-14-21-45(38-47)44-20-13-19-43(37-44)41-17-5-2-6-18-41)48-33-35-56-58(39-48)63-57-36-34-55-59(60(57)64-56)51-25-9-12-28-54(51)61(55)52-26-10-7-23-49(52)50-24-8-11-27-53(50)61/h1-39H. The zero-order chi connectivity index (χ0) is 42.2. The average molecular weight is 818 g/mol. The molecule has 2 aliphatic carbocycles. The lowest BCUT2D eigenvalue weighted by Gasteiger charge is -2.31. The van der Waals surface area contributed by atoms with E-state index in [2.05, 4.69) is 241 Å². The third-order valence-corrected chi connectivity index (χ3v) is 13.3. The molecule has 0 atom stereocenters. The first-order chi connectivity index (χ1) is 31.7. The van der Waals surface area contributed by atoms with Gasteiger partial charge in [-0.25, -0.2) is 0 Å². The van der Waals surface area contributed by atoms with Crippen LogP contribution in [0.1, 0.15) is 22.3 Å². The fraction of sp³-hybridized carbons (Fsp3) is 0.0164. The molecule has 3 heteroatoms. The maximum absolute atomic E-state index is 7.05. The topological polar surface area (TPSA) is 21.7 Å². The first-order valence-corrected chi connectivity index (χ1v) is 21.9. The van der Waals surface area contributed by atoms with Crippen molar-refractivity contribution in [2.75, 3.05) is 4.90 Å². The van der Waals surface area contributed by atoms with Gasteiger partial charge in [0, 0.05) is 23.0 Å². The van der Waals surface area contributed by atoms with Crippen molar-refractivity contribution in [2.45, 2.75) is 5.41 Å². The minimum absolute atomic E-state index is 0.463. The van der Waals surface area contributed by atoms with E-state index in [9.17, 15) is 0 Å². The zero-order valence-electron chi connectivity index (χ0n) is 34.8. The number of fused-ring (bicyclic) bond motifs is 13. The molecule has 1 heterocycles. The van der Waals surface area contributed by atoms with Crippen LogP contribution < -0.4 is 14.4 Å². The molecule has 3 nitrogen and oxygen atoms in total. The van der Waals surface area contributed by atoms with Crippen LogP contribution in [0.25, 0.3) is 55.6 Å². The van der Waals surface area contributed by atoms with Crippen LogP contribution in [0, 0.1) is 0 Å². The van der Waals surface area contributed by atoms with E-state index in [1.165, 1.54) is 55.6 Å². The van der Waals surface area contributed by atoms with E-state index in [4.69, 9.17) is 9.47 Å². The SMILES string of the molecule is c1ccc(-c2ccc(N(c3cccc(-c4cccc(-c5ccccc5)c4)c3)c3ccc4c(c3)Oc3ccc5c(c3O4)-c3ccccc3C53c4ccccc4-c4ccccc43)cc2)cc1.